The molecule has 18 heavy (non-hydrogen) atoms. The Morgan fingerprint density at radius 1 is 1.28 bits per heavy atom. The zero-order valence-electron chi connectivity index (χ0n) is 9.90. The van der Waals surface area contributed by atoms with Crippen molar-refractivity contribution in [2.45, 2.75) is 6.92 Å². The minimum absolute atomic E-state index is 0.253. The van der Waals surface area contributed by atoms with Crippen LogP contribution in [0.15, 0.2) is 41.1 Å². The van der Waals surface area contributed by atoms with Gasteiger partial charge >= 0.3 is 0 Å². The first-order valence-electron chi connectivity index (χ1n) is 5.55. The molecule has 0 bridgehead atoms. The molecule has 0 aliphatic heterocycles. The molecule has 94 valence electrons. The Labute approximate surface area is 114 Å². The van der Waals surface area contributed by atoms with Crippen LogP contribution in [-0.2, 0) is 0 Å². The van der Waals surface area contributed by atoms with Crippen molar-refractivity contribution in [2.24, 2.45) is 0 Å². The van der Waals surface area contributed by atoms with Gasteiger partial charge in [-0.1, -0.05) is 0 Å². The molecule has 3 nitrogen and oxygen atoms in total. The third-order valence-corrected chi connectivity index (χ3v) is 3.21. The second-order valence-electron chi connectivity index (χ2n) is 3.78. The minimum atomic E-state index is -0.253. The maximum absolute atomic E-state index is 13.0. The van der Waals surface area contributed by atoms with Crippen LogP contribution >= 0.6 is 15.9 Å². The molecule has 0 spiro atoms. The highest BCUT2D eigenvalue weighted by molar-refractivity contribution is 9.10. The van der Waals surface area contributed by atoms with Crippen molar-refractivity contribution in [3.63, 3.8) is 0 Å². The fourth-order valence-electron chi connectivity index (χ4n) is 1.82. The minimum Gasteiger partial charge on any atom is -0.396 e. The smallest absolute Gasteiger partial charge is 0.123 e. The average Bonchev–Trinajstić information content (AvgIpc) is 2.35. The molecule has 0 radical (unpaired) electrons. The summed E-state index contributed by atoms with van der Waals surface area (Å²) in [5.74, 6) is -0.253. The summed E-state index contributed by atoms with van der Waals surface area (Å²) < 4.78 is 13.8. The molecule has 0 amide bonds. The van der Waals surface area contributed by atoms with Gasteiger partial charge in [0.25, 0.3) is 0 Å². The summed E-state index contributed by atoms with van der Waals surface area (Å²) in [4.78, 5) is 6.01. The number of anilines is 3. The second-order valence-corrected chi connectivity index (χ2v) is 4.63. The van der Waals surface area contributed by atoms with Gasteiger partial charge in [0.1, 0.15) is 5.82 Å². The fourth-order valence-corrected chi connectivity index (χ4v) is 2.38. The number of nitrogens with zero attached hydrogens (tertiary/aromatic N) is 2. The Kier molecular flexibility index (Phi) is 3.81. The number of benzene rings is 1. The first-order chi connectivity index (χ1) is 8.63. The van der Waals surface area contributed by atoms with E-state index in [9.17, 15) is 4.39 Å². The van der Waals surface area contributed by atoms with E-state index in [4.69, 9.17) is 5.73 Å². The average molecular weight is 310 g/mol. The SMILES string of the molecule is CCN(c1ccc(F)cc1)c1c(N)cncc1Br. The highest BCUT2D eigenvalue weighted by Crippen LogP contribution is 2.35. The van der Waals surface area contributed by atoms with Crippen LogP contribution in [0.1, 0.15) is 6.92 Å². The van der Waals surface area contributed by atoms with Gasteiger partial charge in [0, 0.05) is 18.4 Å². The van der Waals surface area contributed by atoms with Crippen LogP contribution in [0.2, 0.25) is 0 Å². The zero-order valence-corrected chi connectivity index (χ0v) is 11.5. The first kappa shape index (κ1) is 12.8. The van der Waals surface area contributed by atoms with E-state index in [1.807, 2.05) is 11.8 Å². The van der Waals surface area contributed by atoms with Crippen molar-refractivity contribution in [1.82, 2.24) is 4.98 Å². The number of nitrogen functional groups attached to an aromatic ring is 1. The molecule has 0 aliphatic carbocycles. The number of hydrogen-bond donors (Lipinski definition) is 1. The van der Waals surface area contributed by atoms with Crippen LogP contribution in [0.3, 0.4) is 0 Å². The Balaban J connectivity index is 2.48. The summed E-state index contributed by atoms with van der Waals surface area (Å²) in [7, 11) is 0. The van der Waals surface area contributed by atoms with Crippen molar-refractivity contribution >= 4 is 33.0 Å². The van der Waals surface area contributed by atoms with E-state index in [-0.39, 0.29) is 5.82 Å². The molecule has 1 heterocycles. The van der Waals surface area contributed by atoms with E-state index < -0.39 is 0 Å². The lowest BCUT2D eigenvalue weighted by molar-refractivity contribution is 0.628. The van der Waals surface area contributed by atoms with Gasteiger partial charge in [-0.05, 0) is 47.1 Å². The third-order valence-electron chi connectivity index (χ3n) is 2.63. The quantitative estimate of drug-likeness (QED) is 0.939. The number of nitrogens with two attached hydrogens (primary N) is 1. The summed E-state index contributed by atoms with van der Waals surface area (Å²) in [6, 6.07) is 6.32. The van der Waals surface area contributed by atoms with Crippen LogP contribution in [0.5, 0.6) is 0 Å². The second kappa shape index (κ2) is 5.35. The molecule has 1 aromatic heterocycles. The monoisotopic (exact) mass is 309 g/mol. The summed E-state index contributed by atoms with van der Waals surface area (Å²) in [5.41, 5.74) is 8.27. The third kappa shape index (κ3) is 2.46. The van der Waals surface area contributed by atoms with Crippen LogP contribution in [0.4, 0.5) is 21.5 Å². The van der Waals surface area contributed by atoms with Gasteiger partial charge in [0.2, 0.25) is 0 Å². The van der Waals surface area contributed by atoms with Crippen molar-refractivity contribution in [2.75, 3.05) is 17.2 Å². The summed E-state index contributed by atoms with van der Waals surface area (Å²) in [6.07, 6.45) is 3.30. The van der Waals surface area contributed by atoms with Gasteiger partial charge in [0.05, 0.1) is 22.0 Å². The van der Waals surface area contributed by atoms with Crippen LogP contribution in [0, 0.1) is 5.82 Å². The first-order valence-corrected chi connectivity index (χ1v) is 6.35. The summed E-state index contributed by atoms with van der Waals surface area (Å²) in [6.45, 7) is 2.73. The van der Waals surface area contributed by atoms with E-state index in [2.05, 4.69) is 20.9 Å². The van der Waals surface area contributed by atoms with E-state index in [0.29, 0.717) is 5.69 Å². The van der Waals surface area contributed by atoms with Crippen molar-refractivity contribution < 1.29 is 4.39 Å². The van der Waals surface area contributed by atoms with Crippen LogP contribution < -0.4 is 10.6 Å². The molecule has 1 aromatic carbocycles. The van der Waals surface area contributed by atoms with Crippen molar-refractivity contribution in [1.29, 1.82) is 0 Å². The molecular formula is C13H13BrFN3. The lowest BCUT2D eigenvalue weighted by Gasteiger charge is -2.25. The van der Waals surface area contributed by atoms with E-state index in [1.165, 1.54) is 12.1 Å². The predicted octanol–water partition coefficient (Wildman–Crippen LogP) is 3.72. The van der Waals surface area contributed by atoms with E-state index in [0.717, 1.165) is 22.4 Å². The fraction of sp³-hybridized carbons (Fsp3) is 0.154. The summed E-state index contributed by atoms with van der Waals surface area (Å²) >= 11 is 3.44. The Morgan fingerprint density at radius 2 is 1.94 bits per heavy atom. The lowest BCUT2D eigenvalue weighted by atomic mass is 10.2. The predicted molar refractivity (Wildman–Crippen MR) is 75.4 cm³/mol. The Bertz CT molecular complexity index is 522. The maximum Gasteiger partial charge on any atom is 0.123 e. The molecule has 2 rings (SSSR count). The molecule has 2 aromatic rings. The molecule has 0 fully saturated rings. The number of aromatic nitrogens is 1. The normalized spacial score (nSPS) is 10.4. The van der Waals surface area contributed by atoms with Gasteiger partial charge in [-0.3, -0.25) is 4.98 Å². The molecule has 0 saturated heterocycles. The van der Waals surface area contributed by atoms with Crippen LogP contribution in [-0.4, -0.2) is 11.5 Å². The standard InChI is InChI=1S/C13H13BrFN3/c1-2-18(10-5-3-9(15)4-6-10)13-11(14)7-17-8-12(13)16/h3-8H,2,16H2,1H3. The number of pyridine rings is 1. The van der Waals surface area contributed by atoms with Gasteiger partial charge in [0.15, 0.2) is 0 Å². The Morgan fingerprint density at radius 3 is 2.50 bits per heavy atom. The highest BCUT2D eigenvalue weighted by Gasteiger charge is 2.14. The maximum atomic E-state index is 13.0. The zero-order chi connectivity index (χ0) is 13.1. The molecule has 0 atom stereocenters. The van der Waals surface area contributed by atoms with E-state index >= 15 is 0 Å². The number of rotatable bonds is 3. The van der Waals surface area contributed by atoms with Gasteiger partial charge < -0.3 is 10.6 Å². The molecule has 0 unspecified atom stereocenters. The number of halogens is 2. The molecule has 2 N–H and O–H groups in total. The highest BCUT2D eigenvalue weighted by atomic mass is 79.9. The number of hydrogen-bond acceptors (Lipinski definition) is 3. The molecular weight excluding hydrogens is 297 g/mol. The van der Waals surface area contributed by atoms with Gasteiger partial charge in [-0.2, -0.15) is 0 Å². The molecule has 5 heteroatoms. The van der Waals surface area contributed by atoms with Crippen molar-refractivity contribution in [3.05, 3.63) is 46.9 Å². The molecule has 0 saturated carbocycles. The van der Waals surface area contributed by atoms with Crippen molar-refractivity contribution in [3.8, 4) is 0 Å². The van der Waals surface area contributed by atoms with Crippen LogP contribution in [0.25, 0.3) is 0 Å². The van der Waals surface area contributed by atoms with Gasteiger partial charge in [-0.15, -0.1) is 0 Å². The van der Waals surface area contributed by atoms with Gasteiger partial charge in [-0.25, -0.2) is 4.39 Å². The topological polar surface area (TPSA) is 42.1 Å². The lowest BCUT2D eigenvalue weighted by Crippen LogP contribution is -2.18. The molecule has 0 aliphatic rings. The Hall–Kier alpha value is -1.62. The summed E-state index contributed by atoms with van der Waals surface area (Å²) in [5, 5.41) is 0. The largest absolute Gasteiger partial charge is 0.396 e. The van der Waals surface area contributed by atoms with E-state index in [1.54, 1.807) is 24.5 Å².